The van der Waals surface area contributed by atoms with Gasteiger partial charge in [0.2, 0.25) is 0 Å². The van der Waals surface area contributed by atoms with Crippen molar-refractivity contribution >= 4 is 0 Å². The maximum absolute atomic E-state index is 8.58. The van der Waals surface area contributed by atoms with E-state index < -0.39 is 21.1 Å². The molecule has 17 heteroatoms. The minimum Gasteiger partial charge on any atom is 2.00 e. The summed E-state index contributed by atoms with van der Waals surface area (Å²) in [5.74, 6) is 0. The summed E-state index contributed by atoms with van der Waals surface area (Å²) in [6.07, 6.45) is 0. The molecule has 0 aliphatic heterocycles. The maximum Gasteiger partial charge on any atom is 2.00 e. The van der Waals surface area contributed by atoms with Crippen LogP contribution < -0.4 is 0 Å². The zero-order valence-corrected chi connectivity index (χ0v) is 17.8. The van der Waals surface area contributed by atoms with Gasteiger partial charge >= 0.3 is 195 Å². The van der Waals surface area contributed by atoms with Crippen molar-refractivity contribution in [2.24, 2.45) is 0 Å². The molecular weight excluding hydrogens is 621 g/mol. The fourth-order valence-electron chi connectivity index (χ4n) is 0.500. The van der Waals surface area contributed by atoms with E-state index in [2.05, 4.69) is 0 Å². The molecule has 0 bridgehead atoms. The first-order valence-electron chi connectivity index (χ1n) is 4.68. The van der Waals surface area contributed by atoms with E-state index >= 15 is 0 Å². The monoisotopic (exact) mass is 619 g/mol. The van der Waals surface area contributed by atoms with Crippen LogP contribution in [0.1, 0.15) is 0 Å². The molecule has 3 radical (unpaired) electrons. The number of rotatable bonds is 0. The van der Waals surface area contributed by atoms with E-state index in [-0.39, 0.29) is 51.2 Å². The smallest absolute Gasteiger partial charge is 2.00 e. The number of nitriles is 12. The van der Waals surface area contributed by atoms with E-state index in [0.29, 0.717) is 0 Å². The summed E-state index contributed by atoms with van der Waals surface area (Å²) in [7, 11) is -12.1. The van der Waals surface area contributed by atoms with Crippen LogP contribution in [0, 0.1) is 123 Å². The van der Waals surface area contributed by atoms with Crippen molar-refractivity contribution < 1.29 is 72.3 Å². The Morgan fingerprint density at radius 2 is 0.310 bits per heavy atom. The van der Waals surface area contributed by atoms with Gasteiger partial charge in [-0.25, -0.2) is 0 Å². The molecule has 0 saturated heterocycles. The molecule has 0 aromatic heterocycles. The van der Waals surface area contributed by atoms with Gasteiger partial charge in [0.05, 0.1) is 0 Å². The van der Waals surface area contributed by atoms with E-state index in [4.69, 9.17) is 63.1 Å². The number of hydrogen-bond acceptors (Lipinski definition) is 12. The van der Waals surface area contributed by atoms with Crippen LogP contribution in [0.25, 0.3) is 0 Å². The third-order valence-electron chi connectivity index (χ3n) is 2.24. The molecule has 0 rings (SSSR count). The van der Waals surface area contributed by atoms with Gasteiger partial charge in [-0.2, -0.15) is 0 Å². The molecule has 0 aromatic rings. The topological polar surface area (TPSA) is 285 Å². The summed E-state index contributed by atoms with van der Waals surface area (Å²) in [6, 6.07) is 0. The molecule has 0 aliphatic rings. The first-order valence-corrected chi connectivity index (χ1v) is 10.9. The van der Waals surface area contributed by atoms with Crippen molar-refractivity contribution in [1.29, 1.82) is 63.1 Å². The molecule has 0 saturated carbocycles. The Hall–Kier alpha value is -3.55. The third kappa shape index (κ3) is 3.87. The summed E-state index contributed by atoms with van der Waals surface area (Å²) in [4.78, 5) is 0. The van der Waals surface area contributed by atoms with Crippen molar-refractivity contribution in [2.75, 3.05) is 0 Å². The normalized spacial score (nSPS) is 12.0. The molecule has 0 N–H and O–H groups in total. The molecule has 0 unspecified atom stereocenters. The van der Waals surface area contributed by atoms with Crippen LogP contribution in [-0.2, 0) is 72.3 Å². The average molecular weight is 621 g/mol. The second kappa shape index (κ2) is 9.10. The summed E-state index contributed by atoms with van der Waals surface area (Å²) >= 11 is 0. The Bertz CT molecular complexity index is 890. The zero-order chi connectivity index (χ0) is 21.3. The number of nitrogens with zero attached hydrogens (tertiary/aromatic N) is 12. The second-order valence-corrected chi connectivity index (χ2v) is 14.0. The van der Waals surface area contributed by atoms with Crippen molar-refractivity contribution in [3.05, 3.63) is 0 Å². The van der Waals surface area contributed by atoms with Gasteiger partial charge in [-0.1, -0.05) is 0 Å². The van der Waals surface area contributed by atoms with Gasteiger partial charge in [0.1, 0.15) is 0 Å². The summed E-state index contributed by atoms with van der Waals surface area (Å²) in [5.41, 5.74) is 0. The van der Waals surface area contributed by atoms with Crippen LogP contribution in [0.4, 0.5) is 0 Å². The zero-order valence-electron chi connectivity index (χ0n) is 12.9. The van der Waals surface area contributed by atoms with Gasteiger partial charge in [0.25, 0.3) is 0 Å². The van der Waals surface area contributed by atoms with Crippen LogP contribution in [0.3, 0.4) is 0 Å². The molecule has 0 aliphatic carbocycles. The van der Waals surface area contributed by atoms with E-state index in [9.17, 15) is 0 Å². The van der Waals surface area contributed by atoms with Gasteiger partial charge in [0.15, 0.2) is 0 Å². The SMILES string of the molecule is N#[C][Co-3]([C]#N)([C]#N)([C]#N)([C]#N)[C]#N.N#[C][Co-3]([C]#N)([C]#N)([C]#N)([C]#N)[C]#N.[Cu+2].[Cu+2].[Cu+2]. The summed E-state index contributed by atoms with van der Waals surface area (Å²) in [6.45, 7) is 0. The second-order valence-electron chi connectivity index (χ2n) is 3.39. The largest absolute Gasteiger partial charge is 2.00 e. The van der Waals surface area contributed by atoms with E-state index in [1.54, 1.807) is 0 Å². The van der Waals surface area contributed by atoms with Gasteiger partial charge in [-0.15, -0.1) is 0 Å². The standard InChI is InChI=1S/12CN.2Co.3Cu/c12*1-2;;;;;/q;;;;;;;;;;;;2*-3;3*+2. The van der Waals surface area contributed by atoms with Crippen molar-refractivity contribution in [1.82, 2.24) is 0 Å². The quantitative estimate of drug-likeness (QED) is 0.328. The number of hydrogen-bond donors (Lipinski definition) is 0. The Kier molecular flexibility index (Phi) is 11.4. The van der Waals surface area contributed by atoms with E-state index in [0.717, 1.165) is 60.0 Å². The Morgan fingerprint density at radius 1 is 0.241 bits per heavy atom. The van der Waals surface area contributed by atoms with Gasteiger partial charge in [0, 0.05) is 0 Å². The minimum absolute atomic E-state index is 0. The average Bonchev–Trinajstić information content (AvgIpc) is 2.77. The summed E-state index contributed by atoms with van der Waals surface area (Å²) < 4.78 is 0. The molecule has 12 nitrogen and oxygen atoms in total. The third-order valence-corrected chi connectivity index (χ3v) is 9.22. The molecule has 0 heterocycles. The Balaban J connectivity index is -0.000000120. The van der Waals surface area contributed by atoms with Crippen molar-refractivity contribution in [3.63, 3.8) is 0 Å². The van der Waals surface area contributed by atoms with Crippen molar-refractivity contribution in [3.8, 4) is 60.0 Å². The fourth-order valence-corrected chi connectivity index (χ4v) is 2.06. The molecular formula is C12Co2Cu3N12. The van der Waals surface area contributed by atoms with Crippen LogP contribution in [-0.4, -0.2) is 0 Å². The molecule has 0 atom stereocenters. The molecule has 0 aromatic carbocycles. The minimum atomic E-state index is -6.03. The van der Waals surface area contributed by atoms with Crippen LogP contribution >= 0.6 is 0 Å². The fraction of sp³-hybridized carbons (Fsp3) is 0. The molecule has 0 spiro atoms. The van der Waals surface area contributed by atoms with Crippen LogP contribution in [0.15, 0.2) is 0 Å². The van der Waals surface area contributed by atoms with Crippen LogP contribution in [0.2, 0.25) is 0 Å². The molecule has 159 valence electrons. The first-order chi connectivity index (χ1) is 11.9. The molecule has 0 amide bonds. The Morgan fingerprint density at radius 3 is 0.310 bits per heavy atom. The molecule has 0 fully saturated rings. The predicted molar refractivity (Wildman–Crippen MR) is 67.4 cm³/mol. The summed E-state index contributed by atoms with van der Waals surface area (Å²) in [5, 5.41) is 115. The Labute approximate surface area is 194 Å². The predicted octanol–water partition coefficient (Wildman–Crippen LogP) is 0.189. The first kappa shape index (κ1) is 36.4. The van der Waals surface area contributed by atoms with Crippen LogP contribution in [0.5, 0.6) is 0 Å². The van der Waals surface area contributed by atoms with Gasteiger partial charge < -0.3 is 0 Å². The van der Waals surface area contributed by atoms with E-state index in [1.807, 2.05) is 0 Å². The van der Waals surface area contributed by atoms with Crippen molar-refractivity contribution in [2.45, 2.75) is 0 Å². The van der Waals surface area contributed by atoms with Gasteiger partial charge in [-0.05, 0) is 0 Å². The van der Waals surface area contributed by atoms with E-state index in [1.165, 1.54) is 0 Å². The maximum atomic E-state index is 8.58. The molecule has 29 heavy (non-hydrogen) atoms. The van der Waals surface area contributed by atoms with Gasteiger partial charge in [-0.3, -0.25) is 0 Å².